The SMILES string of the molecule is CC[Si](CC)(CC)O[C@H]1[C@@H](C)CCC[C@]2(C)[C@H](C[C@@H](C(C)=O)OC(=O)C[C@H](O[Si](CC)(CC)CC)C(C)(C)C(=O)[C@@H]1C)N2CCC#C[Si](C)(C)C. The minimum atomic E-state index is -2.24. The summed E-state index contributed by atoms with van der Waals surface area (Å²) in [5.74, 6) is 2.75. The molecule has 0 aromatic carbocycles. The molecule has 2 fully saturated rings. The molecule has 2 aliphatic heterocycles. The highest BCUT2D eigenvalue weighted by atomic mass is 28.4. The van der Waals surface area contributed by atoms with Crippen molar-refractivity contribution < 1.29 is 28.0 Å². The van der Waals surface area contributed by atoms with E-state index in [4.69, 9.17) is 13.6 Å². The standard InChI is InChI=1S/C41H77NO6Si3/c1-16-50(17-2,18-3)47-36-30-37(44)46-34(33(9)43)29-35-41(12,42(35)27-22-23-28-49(13,14)15)26-24-25-31(7)38(32(8)39(45)40(36,10)11)48-51(19-4,20-5)21-6/h31-32,34-36,38H,16-22,24-27,29-30H2,1-15H3/t31-,32+,34-,35-,36-,38-,41+,42?/m0/s1. The molecule has 1 unspecified atom stereocenters. The lowest BCUT2D eigenvalue weighted by molar-refractivity contribution is -0.159. The number of fused-ring (bicyclic) bond motifs is 1. The second-order valence-electron chi connectivity index (χ2n) is 17.8. The van der Waals surface area contributed by atoms with Crippen molar-refractivity contribution in [1.82, 2.24) is 4.90 Å². The first kappa shape index (κ1) is 46.1. The number of hydrogen-bond acceptors (Lipinski definition) is 7. The summed E-state index contributed by atoms with van der Waals surface area (Å²) in [6, 6.07) is 5.91. The van der Waals surface area contributed by atoms with Gasteiger partial charge in [-0.2, -0.15) is 0 Å². The van der Waals surface area contributed by atoms with E-state index in [0.29, 0.717) is 6.42 Å². The summed E-state index contributed by atoms with van der Waals surface area (Å²) in [5, 5.41) is 0. The average Bonchev–Trinajstić information content (AvgIpc) is 3.63. The lowest BCUT2D eigenvalue weighted by atomic mass is 9.73. The maximum atomic E-state index is 14.9. The van der Waals surface area contributed by atoms with Crippen molar-refractivity contribution in [2.24, 2.45) is 17.3 Å². The van der Waals surface area contributed by atoms with Crippen molar-refractivity contribution in [3.63, 3.8) is 0 Å². The van der Waals surface area contributed by atoms with Crippen LogP contribution < -0.4 is 0 Å². The van der Waals surface area contributed by atoms with Crippen LogP contribution in [0, 0.1) is 28.7 Å². The molecule has 2 saturated heterocycles. The Kier molecular flexibility index (Phi) is 17.1. The maximum Gasteiger partial charge on any atom is 0.309 e. The highest BCUT2D eigenvalue weighted by Crippen LogP contribution is 2.48. The molecule has 0 N–H and O–H groups in total. The fourth-order valence-corrected chi connectivity index (χ4v) is 15.3. The van der Waals surface area contributed by atoms with Crippen LogP contribution in [0.25, 0.3) is 0 Å². The minimum absolute atomic E-state index is 0.0550. The fourth-order valence-electron chi connectivity index (χ4n) is 8.63. The number of hydrogen-bond donors (Lipinski definition) is 0. The van der Waals surface area contributed by atoms with Gasteiger partial charge in [-0.1, -0.05) is 95.3 Å². The van der Waals surface area contributed by atoms with Crippen LogP contribution in [0.15, 0.2) is 0 Å². The number of carbonyl (C=O) groups excluding carboxylic acids is 3. The molecule has 10 heteroatoms. The van der Waals surface area contributed by atoms with E-state index in [1.807, 2.05) is 13.8 Å². The van der Waals surface area contributed by atoms with Crippen molar-refractivity contribution in [3.8, 4) is 11.5 Å². The third-order valence-corrected chi connectivity index (χ3v) is 23.2. The molecule has 7 nitrogen and oxygen atoms in total. The molecule has 294 valence electrons. The van der Waals surface area contributed by atoms with Crippen LogP contribution in [-0.2, 0) is 28.0 Å². The van der Waals surface area contributed by atoms with Gasteiger partial charge >= 0.3 is 5.97 Å². The Morgan fingerprint density at radius 2 is 1.43 bits per heavy atom. The summed E-state index contributed by atoms with van der Waals surface area (Å²) in [4.78, 5) is 44.4. The second kappa shape index (κ2) is 19.0. The summed E-state index contributed by atoms with van der Waals surface area (Å²) in [6.07, 6.45) is 2.43. The number of esters is 1. The zero-order valence-electron chi connectivity index (χ0n) is 35.6. The van der Waals surface area contributed by atoms with Crippen LogP contribution >= 0.6 is 0 Å². The summed E-state index contributed by atoms with van der Waals surface area (Å²) >= 11 is 0. The number of nitrogens with zero attached hydrogens (tertiary/aromatic N) is 1. The molecule has 0 amide bonds. The molecular formula is C41H77NO6Si3. The average molecular weight is 764 g/mol. The second-order valence-corrected chi connectivity index (χ2v) is 32.0. The third-order valence-electron chi connectivity index (χ3n) is 13.0. The van der Waals surface area contributed by atoms with Gasteiger partial charge in [0.25, 0.3) is 0 Å². The van der Waals surface area contributed by atoms with Gasteiger partial charge < -0.3 is 13.6 Å². The largest absolute Gasteiger partial charge is 0.454 e. The molecule has 2 aliphatic rings. The Hall–Kier alpha value is -1.10. The molecule has 51 heavy (non-hydrogen) atoms. The normalized spacial score (nSPS) is 31.2. The monoisotopic (exact) mass is 764 g/mol. The first-order valence-electron chi connectivity index (χ1n) is 20.5. The number of rotatable bonds is 13. The van der Waals surface area contributed by atoms with Crippen molar-refractivity contribution >= 4 is 42.2 Å². The Balaban J connectivity index is 2.65. The number of ketones is 2. The van der Waals surface area contributed by atoms with Gasteiger partial charge in [-0.15, -0.1) is 11.5 Å². The van der Waals surface area contributed by atoms with E-state index in [0.717, 1.165) is 68.5 Å². The Bertz CT molecular complexity index is 1210. The molecule has 0 radical (unpaired) electrons. The van der Waals surface area contributed by atoms with E-state index in [-0.39, 0.29) is 47.5 Å². The van der Waals surface area contributed by atoms with Crippen LogP contribution in [0.3, 0.4) is 0 Å². The molecule has 2 heterocycles. The van der Waals surface area contributed by atoms with Gasteiger partial charge in [0, 0.05) is 42.3 Å². The van der Waals surface area contributed by atoms with Crippen LogP contribution in [0.5, 0.6) is 0 Å². The maximum absolute atomic E-state index is 14.9. The fraction of sp³-hybridized carbons (Fsp3) is 0.878. The highest BCUT2D eigenvalue weighted by molar-refractivity contribution is 6.83. The first-order valence-corrected chi connectivity index (χ1v) is 29.1. The van der Waals surface area contributed by atoms with Crippen molar-refractivity contribution in [3.05, 3.63) is 0 Å². The summed E-state index contributed by atoms with van der Waals surface area (Å²) < 4.78 is 20.5. The predicted octanol–water partition coefficient (Wildman–Crippen LogP) is 9.81. The molecular weight excluding hydrogens is 687 g/mol. The van der Waals surface area contributed by atoms with Gasteiger partial charge in [-0.05, 0) is 68.9 Å². The van der Waals surface area contributed by atoms with Crippen LogP contribution in [0.2, 0.25) is 55.9 Å². The molecule has 8 atom stereocenters. The summed E-state index contributed by atoms with van der Waals surface area (Å²) in [7, 11) is -5.76. The number of ether oxygens (including phenoxy) is 1. The van der Waals surface area contributed by atoms with Gasteiger partial charge in [0.15, 0.2) is 28.5 Å². The molecule has 0 spiro atoms. The Morgan fingerprint density at radius 1 is 0.902 bits per heavy atom. The zero-order chi connectivity index (χ0) is 39.0. The lowest BCUT2D eigenvalue weighted by Gasteiger charge is -2.44. The number of Topliss-reactive ketones (excluding diaryl/α,β-unsaturated/α-hetero) is 2. The van der Waals surface area contributed by atoms with E-state index in [2.05, 4.69) is 98.3 Å². The van der Waals surface area contributed by atoms with E-state index in [1.165, 1.54) is 6.92 Å². The van der Waals surface area contributed by atoms with E-state index >= 15 is 0 Å². The van der Waals surface area contributed by atoms with Gasteiger partial charge in [-0.3, -0.25) is 19.3 Å². The van der Waals surface area contributed by atoms with E-state index in [9.17, 15) is 14.4 Å². The molecule has 0 saturated carbocycles. The summed E-state index contributed by atoms with van der Waals surface area (Å²) in [6.45, 7) is 33.0. The smallest absolute Gasteiger partial charge is 0.309 e. The van der Waals surface area contributed by atoms with Crippen LogP contribution in [-0.4, -0.2) is 83.6 Å². The topological polar surface area (TPSA) is 81.9 Å². The molecule has 0 aromatic rings. The Labute approximate surface area is 316 Å². The van der Waals surface area contributed by atoms with Crippen molar-refractivity contribution in [1.29, 1.82) is 0 Å². The molecule has 2 rings (SSSR count). The highest BCUT2D eigenvalue weighted by Gasteiger charge is 2.59. The Morgan fingerprint density at radius 3 is 1.92 bits per heavy atom. The molecule has 0 aromatic heterocycles. The number of cyclic esters (lactones) is 1. The predicted molar refractivity (Wildman–Crippen MR) is 220 cm³/mol. The number of carbonyl (C=O) groups is 3. The van der Waals surface area contributed by atoms with E-state index < -0.39 is 48.3 Å². The quantitative estimate of drug-likeness (QED) is 0.0800. The zero-order valence-corrected chi connectivity index (χ0v) is 38.6. The van der Waals surface area contributed by atoms with Crippen LogP contribution in [0.4, 0.5) is 0 Å². The molecule has 0 bridgehead atoms. The van der Waals surface area contributed by atoms with Gasteiger partial charge in [0.1, 0.15) is 13.9 Å². The van der Waals surface area contributed by atoms with Crippen LogP contribution in [0.1, 0.15) is 122 Å². The van der Waals surface area contributed by atoms with Crippen molar-refractivity contribution in [2.75, 3.05) is 6.54 Å². The lowest BCUT2D eigenvalue weighted by Crippen LogP contribution is -2.53. The summed E-state index contributed by atoms with van der Waals surface area (Å²) in [5.41, 5.74) is 2.44. The third kappa shape index (κ3) is 11.7. The van der Waals surface area contributed by atoms with Crippen molar-refractivity contribution in [2.45, 2.75) is 207 Å². The van der Waals surface area contributed by atoms with E-state index in [1.54, 1.807) is 0 Å². The van der Waals surface area contributed by atoms with Gasteiger partial charge in [0.2, 0.25) is 0 Å². The first-order chi connectivity index (χ1) is 23.6. The molecule has 0 aliphatic carbocycles. The van der Waals surface area contributed by atoms with Gasteiger partial charge in [0.05, 0.1) is 18.6 Å². The minimum Gasteiger partial charge on any atom is -0.454 e. The van der Waals surface area contributed by atoms with Gasteiger partial charge in [-0.25, -0.2) is 0 Å².